The summed E-state index contributed by atoms with van der Waals surface area (Å²) in [5.41, 5.74) is 12.5. The van der Waals surface area contributed by atoms with Gasteiger partial charge < -0.3 is 16.2 Å². The van der Waals surface area contributed by atoms with Gasteiger partial charge in [0.15, 0.2) is 0 Å². The summed E-state index contributed by atoms with van der Waals surface area (Å²) in [7, 11) is 0. The molecule has 0 radical (unpaired) electrons. The highest BCUT2D eigenvalue weighted by molar-refractivity contribution is 5.71. The molecule has 3 rings (SSSR count). The van der Waals surface area contributed by atoms with Crippen LogP contribution in [0.4, 0.5) is 0 Å². The Balaban J connectivity index is 0.000000817. The lowest BCUT2D eigenvalue weighted by Crippen LogP contribution is -2.44. The van der Waals surface area contributed by atoms with E-state index in [2.05, 4.69) is 55.8 Å². The number of aliphatic hydroxyl groups excluding tert-OH is 1. The van der Waals surface area contributed by atoms with E-state index in [1.807, 2.05) is 0 Å². The number of hydrogen-bond donors (Lipinski definition) is 4. The van der Waals surface area contributed by atoms with Crippen LogP contribution in [-0.4, -0.2) is 29.9 Å². The molecule has 1 aromatic rings. The fraction of sp³-hybridized carbons (Fsp3) is 0.636. The quantitative estimate of drug-likeness (QED) is 0.591. The number of fused-ring (bicyclic) bond motifs is 1. The van der Waals surface area contributed by atoms with Gasteiger partial charge in [-0.25, -0.2) is 0 Å². The molecule has 1 fully saturated rings. The average Bonchev–Trinajstić information content (AvgIpc) is 2.68. The van der Waals surface area contributed by atoms with Crippen LogP contribution in [0.2, 0.25) is 0 Å². The first-order valence-electron chi connectivity index (χ1n) is 10.4. The molecule has 0 amide bonds. The number of hydrogen-bond acceptors (Lipinski definition) is 5. The molecule has 1 saturated carbocycles. The van der Waals surface area contributed by atoms with Crippen LogP contribution in [0.5, 0.6) is 0 Å². The first-order valence-corrected chi connectivity index (χ1v) is 10.4. The molecule has 1 aliphatic carbocycles. The average molecular weight is 376 g/mol. The molecule has 1 aromatic carbocycles. The van der Waals surface area contributed by atoms with Crippen LogP contribution in [0, 0.1) is 0 Å². The fourth-order valence-electron chi connectivity index (χ4n) is 3.72. The Morgan fingerprint density at radius 1 is 1.30 bits per heavy atom. The van der Waals surface area contributed by atoms with Gasteiger partial charge in [-0.3, -0.25) is 4.84 Å². The summed E-state index contributed by atoms with van der Waals surface area (Å²) < 4.78 is 0. The Morgan fingerprint density at radius 3 is 2.70 bits per heavy atom. The standard InChI is InChI=1S/C19H29N3O2.C3H8/c1-13(24-22-17-8-4-5-9-19(17)23)10-18-16-7-3-2-6-15(16)14(11-20)12-21-18;1-3-2/h2-3,6-7,11,13,17-19,21-23H,4-5,8-10,12,20H2,1H3;3H2,1-2H3/b14-11-;. The van der Waals surface area contributed by atoms with Crippen molar-refractivity contribution in [1.82, 2.24) is 10.8 Å². The third-order valence-electron chi connectivity index (χ3n) is 5.14. The van der Waals surface area contributed by atoms with Crippen LogP contribution in [0.25, 0.3) is 5.57 Å². The summed E-state index contributed by atoms with van der Waals surface area (Å²) in [6, 6.07) is 8.70. The van der Waals surface area contributed by atoms with E-state index in [1.54, 1.807) is 6.20 Å². The Labute approximate surface area is 164 Å². The van der Waals surface area contributed by atoms with E-state index >= 15 is 0 Å². The van der Waals surface area contributed by atoms with Gasteiger partial charge in [0.05, 0.1) is 18.2 Å². The summed E-state index contributed by atoms with van der Waals surface area (Å²) in [4.78, 5) is 5.83. The highest BCUT2D eigenvalue weighted by atomic mass is 16.7. The third-order valence-corrected chi connectivity index (χ3v) is 5.14. The van der Waals surface area contributed by atoms with Crippen LogP contribution >= 0.6 is 0 Å². The minimum Gasteiger partial charge on any atom is -0.404 e. The molecule has 0 bridgehead atoms. The van der Waals surface area contributed by atoms with Crippen LogP contribution in [-0.2, 0) is 4.84 Å². The molecule has 4 unspecified atom stereocenters. The summed E-state index contributed by atoms with van der Waals surface area (Å²) >= 11 is 0. The highest BCUT2D eigenvalue weighted by Gasteiger charge is 2.26. The van der Waals surface area contributed by atoms with E-state index in [0.29, 0.717) is 0 Å². The number of rotatable bonds is 5. The molecule has 5 nitrogen and oxygen atoms in total. The molecule has 0 saturated heterocycles. The van der Waals surface area contributed by atoms with Gasteiger partial charge in [-0.1, -0.05) is 57.4 Å². The molecule has 5 heteroatoms. The Bertz CT molecular complexity index is 591. The van der Waals surface area contributed by atoms with Crippen molar-refractivity contribution < 1.29 is 9.94 Å². The summed E-state index contributed by atoms with van der Waals surface area (Å²) in [5, 5.41) is 13.6. The van der Waals surface area contributed by atoms with Gasteiger partial charge in [-0.2, -0.15) is 5.48 Å². The van der Waals surface area contributed by atoms with E-state index < -0.39 is 0 Å². The lowest BCUT2D eigenvalue weighted by atomic mass is 9.89. The number of aliphatic hydroxyl groups is 1. The second-order valence-electron chi connectivity index (χ2n) is 7.66. The van der Waals surface area contributed by atoms with Crippen LogP contribution in [0.1, 0.15) is 76.5 Å². The SMILES string of the molecule is CC(CC1NC/C(=C/N)c2ccccc21)ONC1CCCCC1O.CCC. The number of nitrogens with one attached hydrogen (secondary N) is 2. The minimum absolute atomic E-state index is 0.0492. The number of nitrogens with two attached hydrogens (primary N) is 1. The molecule has 1 aliphatic heterocycles. The second-order valence-corrected chi connectivity index (χ2v) is 7.66. The van der Waals surface area contributed by atoms with Crippen molar-refractivity contribution in [2.45, 2.75) is 83.6 Å². The number of hydroxylamine groups is 1. The zero-order chi connectivity index (χ0) is 19.6. The van der Waals surface area contributed by atoms with Gasteiger partial charge >= 0.3 is 0 Å². The predicted octanol–water partition coefficient (Wildman–Crippen LogP) is 3.65. The van der Waals surface area contributed by atoms with Crippen LogP contribution < -0.4 is 16.5 Å². The molecular weight excluding hydrogens is 338 g/mol. The maximum absolute atomic E-state index is 10.0. The largest absolute Gasteiger partial charge is 0.404 e. The number of benzene rings is 1. The molecule has 1 heterocycles. The van der Waals surface area contributed by atoms with Gasteiger partial charge in [-0.05, 0) is 49.1 Å². The summed E-state index contributed by atoms with van der Waals surface area (Å²) in [6.07, 6.45) is 7.65. The lowest BCUT2D eigenvalue weighted by Gasteiger charge is -2.32. The summed E-state index contributed by atoms with van der Waals surface area (Å²) in [6.45, 7) is 7.10. The van der Waals surface area contributed by atoms with Gasteiger partial charge in [-0.15, -0.1) is 0 Å². The van der Waals surface area contributed by atoms with Crippen molar-refractivity contribution >= 4 is 5.57 Å². The normalized spacial score (nSPS) is 27.4. The Hall–Kier alpha value is -1.40. The topological polar surface area (TPSA) is 79.5 Å². The first kappa shape index (κ1) is 21.9. The first-order chi connectivity index (χ1) is 13.1. The second kappa shape index (κ2) is 11.4. The molecule has 2 aliphatic rings. The van der Waals surface area contributed by atoms with Crippen molar-refractivity contribution in [3.05, 3.63) is 41.6 Å². The zero-order valence-corrected chi connectivity index (χ0v) is 17.1. The molecule has 4 atom stereocenters. The Kier molecular flexibility index (Phi) is 9.28. The monoisotopic (exact) mass is 375 g/mol. The zero-order valence-electron chi connectivity index (χ0n) is 17.1. The smallest absolute Gasteiger partial charge is 0.0780 e. The van der Waals surface area contributed by atoms with Gasteiger partial charge in [0.25, 0.3) is 0 Å². The predicted molar refractivity (Wildman–Crippen MR) is 112 cm³/mol. The fourth-order valence-corrected chi connectivity index (χ4v) is 3.72. The van der Waals surface area contributed by atoms with Gasteiger partial charge in [0.2, 0.25) is 0 Å². The molecule has 0 aromatic heterocycles. The van der Waals surface area contributed by atoms with Gasteiger partial charge in [0.1, 0.15) is 0 Å². The van der Waals surface area contributed by atoms with Crippen LogP contribution in [0.15, 0.2) is 30.5 Å². The molecule has 152 valence electrons. The van der Waals surface area contributed by atoms with E-state index in [4.69, 9.17) is 10.6 Å². The third kappa shape index (κ3) is 6.32. The lowest BCUT2D eigenvalue weighted by molar-refractivity contribution is -0.0750. The molecule has 0 spiro atoms. The van der Waals surface area contributed by atoms with E-state index in [9.17, 15) is 5.11 Å². The van der Waals surface area contributed by atoms with Crippen molar-refractivity contribution in [2.24, 2.45) is 5.73 Å². The highest BCUT2D eigenvalue weighted by Crippen LogP contribution is 2.31. The van der Waals surface area contributed by atoms with E-state index in [0.717, 1.165) is 44.2 Å². The summed E-state index contributed by atoms with van der Waals surface area (Å²) in [5.74, 6) is 0. The van der Waals surface area contributed by atoms with Crippen LogP contribution in [0.3, 0.4) is 0 Å². The maximum Gasteiger partial charge on any atom is 0.0780 e. The maximum atomic E-state index is 10.0. The van der Waals surface area contributed by atoms with Crippen molar-refractivity contribution in [2.75, 3.05) is 6.54 Å². The molecule has 5 N–H and O–H groups in total. The van der Waals surface area contributed by atoms with Crippen molar-refractivity contribution in [1.29, 1.82) is 0 Å². The van der Waals surface area contributed by atoms with E-state index in [1.165, 1.54) is 17.5 Å². The van der Waals surface area contributed by atoms with Gasteiger partial charge in [0, 0.05) is 12.6 Å². The Morgan fingerprint density at radius 2 is 2.00 bits per heavy atom. The van der Waals surface area contributed by atoms with Crippen molar-refractivity contribution in [3.63, 3.8) is 0 Å². The van der Waals surface area contributed by atoms with E-state index in [-0.39, 0.29) is 24.3 Å². The molecular formula is C22H37N3O2. The minimum atomic E-state index is -0.295. The molecule has 27 heavy (non-hydrogen) atoms. The van der Waals surface area contributed by atoms with Crippen molar-refractivity contribution in [3.8, 4) is 0 Å².